The van der Waals surface area contributed by atoms with Crippen LogP contribution < -0.4 is 14.8 Å². The predicted octanol–water partition coefficient (Wildman–Crippen LogP) is 9.02. The number of methoxy groups -OCH3 is 2. The molecule has 212 valence electrons. The Labute approximate surface area is 230 Å². The van der Waals surface area contributed by atoms with Gasteiger partial charge < -0.3 is 23.8 Å². The van der Waals surface area contributed by atoms with Gasteiger partial charge in [-0.3, -0.25) is 4.57 Å². The maximum Gasteiger partial charge on any atom is 0.353 e. The van der Waals surface area contributed by atoms with Gasteiger partial charge in [-0.15, -0.1) is 0 Å². The zero-order valence-electron chi connectivity index (χ0n) is 24.2. The van der Waals surface area contributed by atoms with Crippen LogP contribution in [0.3, 0.4) is 0 Å². The minimum atomic E-state index is -3.66. The van der Waals surface area contributed by atoms with Crippen LogP contribution in [0.1, 0.15) is 90.5 Å². The normalized spacial score (nSPS) is 16.1. The highest BCUT2D eigenvalue weighted by Crippen LogP contribution is 2.62. The lowest BCUT2D eigenvalue weighted by Crippen LogP contribution is -2.35. The molecule has 0 saturated heterocycles. The van der Waals surface area contributed by atoms with E-state index in [-0.39, 0.29) is 18.1 Å². The van der Waals surface area contributed by atoms with Gasteiger partial charge in [0.25, 0.3) is 0 Å². The molecule has 0 aromatic heterocycles. The molecule has 2 atom stereocenters. The van der Waals surface area contributed by atoms with Crippen molar-refractivity contribution in [3.8, 4) is 11.5 Å². The Hall–Kier alpha value is -2.01. The van der Waals surface area contributed by atoms with Crippen LogP contribution in [0.4, 0.5) is 5.69 Å². The minimum absolute atomic E-state index is 0.0555. The zero-order chi connectivity index (χ0) is 27.5. The molecular formula is C31H48NO5P. The van der Waals surface area contributed by atoms with Gasteiger partial charge in [0.2, 0.25) is 0 Å². The fourth-order valence-corrected chi connectivity index (χ4v) is 8.38. The maximum absolute atomic E-state index is 15.2. The van der Waals surface area contributed by atoms with Gasteiger partial charge in [-0.05, 0) is 86.4 Å². The monoisotopic (exact) mass is 545 g/mol. The molecule has 6 nitrogen and oxygen atoms in total. The third-order valence-electron chi connectivity index (χ3n) is 7.91. The second kappa shape index (κ2) is 15.0. The van der Waals surface area contributed by atoms with Gasteiger partial charge in [-0.1, -0.05) is 52.7 Å². The Morgan fingerprint density at radius 2 is 1.21 bits per heavy atom. The molecule has 0 aliphatic heterocycles. The van der Waals surface area contributed by atoms with E-state index in [0.717, 1.165) is 61.3 Å². The van der Waals surface area contributed by atoms with E-state index >= 15 is 4.57 Å². The Morgan fingerprint density at radius 1 is 0.763 bits per heavy atom. The first kappa shape index (κ1) is 30.5. The summed E-state index contributed by atoms with van der Waals surface area (Å²) in [7, 11) is -0.320. The molecule has 2 aromatic carbocycles. The molecule has 0 bridgehead atoms. The topological polar surface area (TPSA) is 66.0 Å². The summed E-state index contributed by atoms with van der Waals surface area (Å²) in [6.45, 7) is 8.33. The molecular weight excluding hydrogens is 497 g/mol. The van der Waals surface area contributed by atoms with Crippen molar-refractivity contribution in [1.29, 1.82) is 0 Å². The second-order valence-corrected chi connectivity index (χ2v) is 12.3. The van der Waals surface area contributed by atoms with E-state index in [1.807, 2.05) is 36.4 Å². The lowest BCUT2D eigenvalue weighted by Gasteiger charge is -2.39. The molecule has 0 radical (unpaired) electrons. The molecule has 7 heteroatoms. The van der Waals surface area contributed by atoms with Crippen LogP contribution in [0.5, 0.6) is 11.5 Å². The molecule has 0 unspecified atom stereocenters. The summed E-state index contributed by atoms with van der Waals surface area (Å²) < 4.78 is 39.2. The largest absolute Gasteiger partial charge is 0.497 e. The standard InChI is InChI=1S/C31H48NO5P/c1-7-26(8-2)36-38(33,37-27(9-3)10-4)31(32-25-17-21-29(35-6)22-18-25)30(23-13-11-12-14-23)24-15-19-28(34-5)20-16-24/h15-23,26-27,30-32H,7-14H2,1-6H3/t30-,31-/m1/s1. The molecule has 1 N–H and O–H groups in total. The number of hydrogen-bond donors (Lipinski definition) is 1. The van der Waals surface area contributed by atoms with Crippen LogP contribution in [0.2, 0.25) is 0 Å². The van der Waals surface area contributed by atoms with Crippen molar-refractivity contribution in [2.24, 2.45) is 5.92 Å². The molecule has 1 fully saturated rings. The molecule has 3 rings (SSSR count). The van der Waals surface area contributed by atoms with Gasteiger partial charge in [0.15, 0.2) is 0 Å². The number of benzene rings is 2. The number of anilines is 1. The molecule has 38 heavy (non-hydrogen) atoms. The number of hydrogen-bond acceptors (Lipinski definition) is 6. The van der Waals surface area contributed by atoms with E-state index in [9.17, 15) is 0 Å². The first-order valence-electron chi connectivity index (χ1n) is 14.4. The van der Waals surface area contributed by atoms with Crippen LogP contribution in [0.15, 0.2) is 48.5 Å². The summed E-state index contributed by atoms with van der Waals surface area (Å²) in [6.07, 6.45) is 7.36. The van der Waals surface area contributed by atoms with Gasteiger partial charge in [0.1, 0.15) is 17.3 Å². The number of ether oxygens (including phenoxy) is 2. The Morgan fingerprint density at radius 3 is 1.63 bits per heavy atom. The lowest BCUT2D eigenvalue weighted by atomic mass is 9.84. The fourth-order valence-electron chi connectivity index (χ4n) is 5.53. The quantitative estimate of drug-likeness (QED) is 0.212. The zero-order valence-corrected chi connectivity index (χ0v) is 25.0. The van der Waals surface area contributed by atoms with E-state index in [2.05, 4.69) is 45.1 Å². The van der Waals surface area contributed by atoms with E-state index in [1.54, 1.807) is 14.2 Å². The van der Waals surface area contributed by atoms with Crippen LogP contribution in [0, 0.1) is 5.92 Å². The highest BCUT2D eigenvalue weighted by Gasteiger charge is 2.47. The molecule has 1 aliphatic carbocycles. The molecule has 1 aliphatic rings. The second-order valence-electron chi connectivity index (χ2n) is 10.3. The predicted molar refractivity (Wildman–Crippen MR) is 157 cm³/mol. The summed E-state index contributed by atoms with van der Waals surface area (Å²) in [5.41, 5.74) is 2.00. The third kappa shape index (κ3) is 7.77. The summed E-state index contributed by atoms with van der Waals surface area (Å²) in [6, 6.07) is 16.0. The highest BCUT2D eigenvalue weighted by atomic mass is 31.2. The minimum Gasteiger partial charge on any atom is -0.497 e. The van der Waals surface area contributed by atoms with Crippen LogP contribution in [-0.4, -0.2) is 32.2 Å². The molecule has 2 aromatic rings. The number of rotatable bonds is 16. The van der Waals surface area contributed by atoms with Gasteiger partial charge in [-0.2, -0.15) is 0 Å². The average Bonchev–Trinajstić information content (AvgIpc) is 3.49. The summed E-state index contributed by atoms with van der Waals surface area (Å²) >= 11 is 0. The van der Waals surface area contributed by atoms with Crippen LogP contribution in [0.25, 0.3) is 0 Å². The van der Waals surface area contributed by atoms with Crippen molar-refractivity contribution < 1.29 is 23.1 Å². The van der Waals surface area contributed by atoms with Crippen molar-refractivity contribution in [3.63, 3.8) is 0 Å². The average molecular weight is 546 g/mol. The van der Waals surface area contributed by atoms with Gasteiger partial charge in [0, 0.05) is 11.6 Å². The first-order chi connectivity index (χ1) is 18.4. The van der Waals surface area contributed by atoms with Gasteiger partial charge >= 0.3 is 7.60 Å². The van der Waals surface area contributed by atoms with Crippen LogP contribution in [-0.2, 0) is 13.6 Å². The Balaban J connectivity index is 2.16. The number of nitrogens with one attached hydrogen (secondary N) is 1. The third-order valence-corrected chi connectivity index (χ3v) is 10.2. The first-order valence-corrected chi connectivity index (χ1v) is 16.0. The summed E-state index contributed by atoms with van der Waals surface area (Å²) in [5.74, 6) is 1.35. The Bertz CT molecular complexity index is 964. The van der Waals surface area contributed by atoms with Crippen molar-refractivity contribution in [3.05, 3.63) is 54.1 Å². The maximum atomic E-state index is 15.2. The van der Waals surface area contributed by atoms with Crippen molar-refractivity contribution >= 4 is 13.3 Å². The SMILES string of the molecule is CCC(CC)OP(=O)(OC(CC)CC)[C@@H](Nc1ccc(OC)cc1)[C@@H](c1ccc(OC)cc1)C1CCCC1. The lowest BCUT2D eigenvalue weighted by molar-refractivity contribution is 0.0980. The van der Waals surface area contributed by atoms with Gasteiger partial charge in [0.05, 0.1) is 26.4 Å². The Kier molecular flexibility index (Phi) is 12.0. The van der Waals surface area contributed by atoms with Crippen molar-refractivity contribution in [1.82, 2.24) is 0 Å². The fraction of sp³-hybridized carbons (Fsp3) is 0.613. The van der Waals surface area contributed by atoms with E-state index in [1.165, 1.54) is 12.8 Å². The summed E-state index contributed by atoms with van der Waals surface area (Å²) in [5, 5.41) is 3.68. The van der Waals surface area contributed by atoms with Crippen molar-refractivity contribution in [2.75, 3.05) is 19.5 Å². The molecule has 0 spiro atoms. The molecule has 1 saturated carbocycles. The smallest absolute Gasteiger partial charge is 0.353 e. The van der Waals surface area contributed by atoms with E-state index in [0.29, 0.717) is 5.92 Å². The van der Waals surface area contributed by atoms with Crippen LogP contribution >= 0.6 is 7.60 Å². The molecule has 0 amide bonds. The summed E-state index contributed by atoms with van der Waals surface area (Å²) in [4.78, 5) is 0. The van der Waals surface area contributed by atoms with Gasteiger partial charge in [-0.25, -0.2) is 0 Å². The van der Waals surface area contributed by atoms with Crippen molar-refractivity contribution in [2.45, 2.75) is 103 Å². The van der Waals surface area contributed by atoms with E-state index < -0.39 is 13.4 Å². The van der Waals surface area contributed by atoms with E-state index in [4.69, 9.17) is 18.5 Å². The molecule has 0 heterocycles. The highest BCUT2D eigenvalue weighted by molar-refractivity contribution is 7.54.